The highest BCUT2D eigenvalue weighted by Gasteiger charge is 2.28. The first-order chi connectivity index (χ1) is 18.6. The van der Waals surface area contributed by atoms with Crippen molar-refractivity contribution in [2.75, 3.05) is 10.6 Å². The monoisotopic (exact) mass is 502 g/mol. The van der Waals surface area contributed by atoms with Crippen molar-refractivity contribution in [1.29, 1.82) is 0 Å². The van der Waals surface area contributed by atoms with Gasteiger partial charge >= 0.3 is 0 Å². The molecule has 8 heteroatoms. The van der Waals surface area contributed by atoms with Crippen LogP contribution in [0.2, 0.25) is 0 Å². The van der Waals surface area contributed by atoms with E-state index in [0.717, 1.165) is 36.2 Å². The maximum Gasteiger partial charge on any atom is 0.255 e. The highest BCUT2D eigenvalue weighted by Crippen LogP contribution is 2.33. The predicted molar refractivity (Wildman–Crippen MR) is 145 cm³/mol. The summed E-state index contributed by atoms with van der Waals surface area (Å²) in [6, 6.07) is 23.1. The minimum absolute atomic E-state index is 0.0290. The van der Waals surface area contributed by atoms with Crippen LogP contribution in [0.5, 0.6) is 0 Å². The van der Waals surface area contributed by atoms with E-state index >= 15 is 0 Å². The molecule has 5 aromatic rings. The molecule has 0 radical (unpaired) electrons. The Labute approximate surface area is 220 Å². The van der Waals surface area contributed by atoms with Crippen LogP contribution in [0.3, 0.4) is 0 Å². The molecule has 0 spiro atoms. The second kappa shape index (κ2) is 10.2. The number of carbonyl (C=O) groups excluding carboxylic acids is 2. The molecule has 0 saturated heterocycles. The zero-order valence-electron chi connectivity index (χ0n) is 20.6. The van der Waals surface area contributed by atoms with E-state index in [-0.39, 0.29) is 17.7 Å². The second-order valence-corrected chi connectivity index (χ2v) is 9.39. The molecule has 1 aliphatic carbocycles. The number of hydrogen-bond acceptors (Lipinski definition) is 4. The van der Waals surface area contributed by atoms with Crippen molar-refractivity contribution in [3.63, 3.8) is 0 Å². The fourth-order valence-corrected chi connectivity index (χ4v) is 4.86. The van der Waals surface area contributed by atoms with Crippen LogP contribution in [0.15, 0.2) is 104 Å². The highest BCUT2D eigenvalue weighted by molar-refractivity contribution is 6.04. The lowest BCUT2D eigenvalue weighted by atomic mass is 10.0. The van der Waals surface area contributed by atoms with Crippen LogP contribution in [-0.4, -0.2) is 31.1 Å². The van der Waals surface area contributed by atoms with Crippen LogP contribution in [0, 0.1) is 0 Å². The number of anilines is 2. The fourth-order valence-electron chi connectivity index (χ4n) is 4.86. The summed E-state index contributed by atoms with van der Waals surface area (Å²) in [6.45, 7) is 0.719. The van der Waals surface area contributed by atoms with E-state index in [0.29, 0.717) is 16.9 Å². The molecule has 1 aliphatic rings. The van der Waals surface area contributed by atoms with Crippen molar-refractivity contribution < 1.29 is 9.59 Å². The largest absolute Gasteiger partial charge is 0.333 e. The Morgan fingerprint density at radius 2 is 1.82 bits per heavy atom. The first kappa shape index (κ1) is 23.4. The van der Waals surface area contributed by atoms with Crippen molar-refractivity contribution >= 4 is 23.2 Å². The third-order valence-corrected chi connectivity index (χ3v) is 6.81. The number of fused-ring (bicyclic) bond motifs is 1. The first-order valence-corrected chi connectivity index (χ1v) is 12.5. The molecule has 38 heavy (non-hydrogen) atoms. The van der Waals surface area contributed by atoms with Gasteiger partial charge < -0.3 is 15.2 Å². The zero-order valence-corrected chi connectivity index (χ0v) is 20.6. The van der Waals surface area contributed by atoms with Gasteiger partial charge in [-0.2, -0.15) is 5.10 Å². The van der Waals surface area contributed by atoms with Crippen LogP contribution in [0.25, 0.3) is 5.69 Å². The van der Waals surface area contributed by atoms with Gasteiger partial charge in [-0.15, -0.1) is 0 Å². The van der Waals surface area contributed by atoms with Gasteiger partial charge in [0.25, 0.3) is 5.91 Å². The number of nitrogens with zero attached hydrogens (tertiary/aromatic N) is 4. The average Bonchev–Trinajstić information content (AvgIpc) is 3.71. The number of benzene rings is 3. The van der Waals surface area contributed by atoms with Gasteiger partial charge in [0, 0.05) is 30.2 Å². The van der Waals surface area contributed by atoms with E-state index < -0.39 is 0 Å². The summed E-state index contributed by atoms with van der Waals surface area (Å²) in [6.07, 6.45) is 10.5. The molecule has 2 heterocycles. The van der Waals surface area contributed by atoms with Crippen LogP contribution in [0.4, 0.5) is 11.4 Å². The molecule has 0 aliphatic heterocycles. The van der Waals surface area contributed by atoms with Gasteiger partial charge in [0.2, 0.25) is 5.91 Å². The molecule has 188 valence electrons. The van der Waals surface area contributed by atoms with E-state index in [1.54, 1.807) is 41.7 Å². The average molecular weight is 503 g/mol. The molecule has 6 rings (SSSR count). The van der Waals surface area contributed by atoms with Gasteiger partial charge in [0.15, 0.2) is 0 Å². The number of rotatable bonds is 7. The topological polar surface area (TPSA) is 93.8 Å². The van der Waals surface area contributed by atoms with E-state index in [1.807, 2.05) is 65.4 Å². The molecule has 8 nitrogen and oxygen atoms in total. The molecule has 0 saturated carbocycles. The summed E-state index contributed by atoms with van der Waals surface area (Å²) in [5.41, 5.74) is 6.01. The molecule has 0 bridgehead atoms. The van der Waals surface area contributed by atoms with Gasteiger partial charge in [0.05, 0.1) is 36.0 Å². The van der Waals surface area contributed by atoms with E-state index in [9.17, 15) is 9.59 Å². The number of carbonyl (C=O) groups is 2. The zero-order chi connectivity index (χ0) is 25.9. The molecule has 1 atom stereocenters. The van der Waals surface area contributed by atoms with Crippen molar-refractivity contribution in [1.82, 2.24) is 19.3 Å². The minimum Gasteiger partial charge on any atom is -0.333 e. The van der Waals surface area contributed by atoms with Gasteiger partial charge in [-0.05, 0) is 59.9 Å². The smallest absolute Gasteiger partial charge is 0.255 e. The van der Waals surface area contributed by atoms with Crippen molar-refractivity contribution in [2.24, 2.45) is 0 Å². The molecular weight excluding hydrogens is 476 g/mol. The molecule has 0 fully saturated rings. The van der Waals surface area contributed by atoms with Crippen LogP contribution in [0.1, 0.15) is 39.4 Å². The van der Waals surface area contributed by atoms with Crippen molar-refractivity contribution in [2.45, 2.75) is 25.3 Å². The Balaban J connectivity index is 1.10. The summed E-state index contributed by atoms with van der Waals surface area (Å²) in [7, 11) is 0. The van der Waals surface area contributed by atoms with Crippen LogP contribution < -0.4 is 10.6 Å². The minimum atomic E-state index is -0.213. The Kier molecular flexibility index (Phi) is 6.27. The van der Waals surface area contributed by atoms with E-state index in [1.165, 1.54) is 5.56 Å². The molecule has 3 aromatic carbocycles. The number of aryl methyl sites for hydroxylation is 1. The fraction of sp³-hybridized carbons (Fsp3) is 0.133. The number of imidazole rings is 1. The van der Waals surface area contributed by atoms with Gasteiger partial charge in [-0.3, -0.25) is 9.59 Å². The first-order valence-electron chi connectivity index (χ1n) is 12.5. The lowest BCUT2D eigenvalue weighted by molar-refractivity contribution is -0.117. The predicted octanol–water partition coefficient (Wildman–Crippen LogP) is 5.04. The normalized spacial score (nSPS) is 14.2. The number of hydrogen-bond donors (Lipinski definition) is 2. The lowest BCUT2D eigenvalue weighted by Crippen LogP contribution is -2.19. The van der Waals surface area contributed by atoms with Gasteiger partial charge in [0.1, 0.15) is 0 Å². The summed E-state index contributed by atoms with van der Waals surface area (Å²) in [5, 5.41) is 10.3. The lowest BCUT2D eigenvalue weighted by Gasteiger charge is -2.11. The third-order valence-electron chi connectivity index (χ3n) is 6.81. The molecule has 2 aromatic heterocycles. The summed E-state index contributed by atoms with van der Waals surface area (Å²) < 4.78 is 3.64. The molecule has 1 unspecified atom stereocenters. The Morgan fingerprint density at radius 1 is 0.947 bits per heavy atom. The van der Waals surface area contributed by atoms with Crippen LogP contribution >= 0.6 is 0 Å². The SMILES string of the molecule is O=C(Nc1ccc(Cn2ccnc2)cc1)c1cccc(-n2cc(NC(=O)C3CCc4ccccc43)cn2)c1. The third kappa shape index (κ3) is 4.97. The molecule has 2 amide bonds. The Hall–Kier alpha value is -4.98. The Bertz CT molecular complexity index is 1590. The standard InChI is InChI=1S/C30H26N6O2/c37-29(33-24-11-8-21(9-12-24)18-35-15-14-31-20-35)23-5-3-6-26(16-23)36-19-25(17-32-36)34-30(38)28-13-10-22-4-1-2-7-27(22)28/h1-9,11-12,14-17,19-20,28H,10,13,18H2,(H,33,37)(H,34,38). The maximum atomic E-state index is 12.9. The van der Waals surface area contributed by atoms with Crippen LogP contribution in [-0.2, 0) is 17.8 Å². The number of nitrogens with one attached hydrogen (secondary N) is 2. The summed E-state index contributed by atoms with van der Waals surface area (Å²) >= 11 is 0. The van der Waals surface area contributed by atoms with Crippen molar-refractivity contribution in [3.8, 4) is 5.69 Å². The van der Waals surface area contributed by atoms with Crippen molar-refractivity contribution in [3.05, 3.63) is 126 Å². The number of aromatic nitrogens is 4. The second-order valence-electron chi connectivity index (χ2n) is 9.39. The summed E-state index contributed by atoms with van der Waals surface area (Å²) in [5.74, 6) is -0.394. The molecular formula is C30H26N6O2. The van der Waals surface area contributed by atoms with E-state index in [4.69, 9.17) is 0 Å². The summed E-state index contributed by atoms with van der Waals surface area (Å²) in [4.78, 5) is 29.9. The molecule has 2 N–H and O–H groups in total. The Morgan fingerprint density at radius 3 is 2.66 bits per heavy atom. The van der Waals surface area contributed by atoms with Gasteiger partial charge in [-0.1, -0.05) is 42.5 Å². The maximum absolute atomic E-state index is 12.9. The quantitative estimate of drug-likeness (QED) is 0.326. The number of amides is 2. The van der Waals surface area contributed by atoms with E-state index in [2.05, 4.69) is 26.8 Å². The highest BCUT2D eigenvalue weighted by atomic mass is 16.2. The van der Waals surface area contributed by atoms with Gasteiger partial charge in [-0.25, -0.2) is 9.67 Å².